The van der Waals surface area contributed by atoms with E-state index in [1.807, 2.05) is 0 Å². The summed E-state index contributed by atoms with van der Waals surface area (Å²) in [7, 11) is 1.48. The van der Waals surface area contributed by atoms with Crippen molar-refractivity contribution in [3.05, 3.63) is 0 Å². The van der Waals surface area contributed by atoms with Gasteiger partial charge >= 0.3 is 0 Å². The minimum absolute atomic E-state index is 0.0451. The van der Waals surface area contributed by atoms with E-state index in [1.165, 1.54) is 14.0 Å². The van der Waals surface area contributed by atoms with Crippen LogP contribution in [0.4, 0.5) is 0 Å². The van der Waals surface area contributed by atoms with Crippen molar-refractivity contribution in [2.24, 2.45) is 0 Å². The molecule has 52 valence electrons. The SMILES string of the molecule is CN1OC(C)(O)CC1=O. The first-order valence-corrected chi connectivity index (χ1v) is 2.69. The summed E-state index contributed by atoms with van der Waals surface area (Å²) in [6.07, 6.45) is 0.0451. The van der Waals surface area contributed by atoms with Crippen molar-refractivity contribution in [1.82, 2.24) is 5.06 Å². The second-order valence-electron chi connectivity index (χ2n) is 2.33. The highest BCUT2D eigenvalue weighted by atomic mass is 16.8. The molecule has 0 radical (unpaired) electrons. The minimum Gasteiger partial charge on any atom is -0.364 e. The third kappa shape index (κ3) is 1.20. The van der Waals surface area contributed by atoms with E-state index in [0.717, 1.165) is 5.06 Å². The van der Waals surface area contributed by atoms with Crippen molar-refractivity contribution in [3.8, 4) is 0 Å². The molecule has 0 saturated carbocycles. The Morgan fingerprint density at radius 1 is 1.89 bits per heavy atom. The Bertz CT molecular complexity index is 143. The third-order valence-corrected chi connectivity index (χ3v) is 1.16. The van der Waals surface area contributed by atoms with Crippen molar-refractivity contribution in [3.63, 3.8) is 0 Å². The Morgan fingerprint density at radius 3 is 2.56 bits per heavy atom. The Labute approximate surface area is 53.0 Å². The number of amides is 1. The van der Waals surface area contributed by atoms with E-state index < -0.39 is 5.79 Å². The standard InChI is InChI=1S/C5H9NO3/c1-5(8)3-4(7)6(2)9-5/h8H,3H2,1-2H3. The number of rotatable bonds is 0. The molecular formula is C5H9NO3. The quantitative estimate of drug-likeness (QED) is 0.481. The summed E-state index contributed by atoms with van der Waals surface area (Å²) in [5.74, 6) is -1.48. The van der Waals surface area contributed by atoms with Crippen LogP contribution in [0.1, 0.15) is 13.3 Å². The summed E-state index contributed by atoms with van der Waals surface area (Å²) < 4.78 is 0. The van der Waals surface area contributed by atoms with Gasteiger partial charge in [-0.3, -0.25) is 4.79 Å². The van der Waals surface area contributed by atoms with Gasteiger partial charge in [-0.2, -0.15) is 0 Å². The molecule has 1 atom stereocenters. The van der Waals surface area contributed by atoms with Crippen LogP contribution in [-0.4, -0.2) is 28.9 Å². The maximum absolute atomic E-state index is 10.6. The molecule has 1 heterocycles. The van der Waals surface area contributed by atoms with Crippen LogP contribution < -0.4 is 0 Å². The molecule has 1 aliphatic heterocycles. The number of aliphatic hydroxyl groups is 1. The average Bonchev–Trinajstić information content (AvgIpc) is 1.79. The normalized spacial score (nSPS) is 35.9. The fourth-order valence-corrected chi connectivity index (χ4v) is 0.770. The first-order chi connectivity index (χ1) is 4.01. The lowest BCUT2D eigenvalue weighted by atomic mass is 10.2. The number of hydrogen-bond acceptors (Lipinski definition) is 3. The molecule has 1 saturated heterocycles. The van der Waals surface area contributed by atoms with Crippen LogP contribution in [0.3, 0.4) is 0 Å². The van der Waals surface area contributed by atoms with Gasteiger partial charge in [-0.1, -0.05) is 0 Å². The summed E-state index contributed by atoms with van der Waals surface area (Å²) >= 11 is 0. The van der Waals surface area contributed by atoms with Crippen molar-refractivity contribution in [2.75, 3.05) is 7.05 Å². The Hall–Kier alpha value is -0.610. The van der Waals surface area contributed by atoms with Gasteiger partial charge in [0.2, 0.25) is 0 Å². The van der Waals surface area contributed by atoms with E-state index in [9.17, 15) is 4.79 Å². The summed E-state index contributed by atoms with van der Waals surface area (Å²) in [5.41, 5.74) is 0. The summed E-state index contributed by atoms with van der Waals surface area (Å²) in [5, 5.41) is 10.1. The van der Waals surface area contributed by atoms with Crippen LogP contribution >= 0.6 is 0 Å². The van der Waals surface area contributed by atoms with Gasteiger partial charge in [0.25, 0.3) is 5.91 Å². The predicted molar refractivity (Wildman–Crippen MR) is 29.1 cm³/mol. The smallest absolute Gasteiger partial charge is 0.251 e. The molecule has 0 bridgehead atoms. The molecule has 1 N–H and O–H groups in total. The second-order valence-corrected chi connectivity index (χ2v) is 2.33. The monoisotopic (exact) mass is 131 g/mol. The molecule has 1 rings (SSSR count). The van der Waals surface area contributed by atoms with Crippen LogP contribution in [-0.2, 0) is 9.63 Å². The summed E-state index contributed by atoms with van der Waals surface area (Å²) in [4.78, 5) is 15.3. The molecule has 1 unspecified atom stereocenters. The highest BCUT2D eigenvalue weighted by Gasteiger charge is 2.37. The molecule has 1 fully saturated rings. The molecule has 0 aromatic heterocycles. The maximum Gasteiger partial charge on any atom is 0.251 e. The fourth-order valence-electron chi connectivity index (χ4n) is 0.770. The first kappa shape index (κ1) is 6.51. The maximum atomic E-state index is 10.6. The molecule has 0 aromatic carbocycles. The van der Waals surface area contributed by atoms with Crippen LogP contribution in [0.15, 0.2) is 0 Å². The average molecular weight is 131 g/mol. The molecule has 9 heavy (non-hydrogen) atoms. The Morgan fingerprint density at radius 2 is 2.44 bits per heavy atom. The van der Waals surface area contributed by atoms with E-state index in [2.05, 4.69) is 0 Å². The lowest BCUT2D eigenvalue weighted by Crippen LogP contribution is -2.24. The van der Waals surface area contributed by atoms with E-state index in [0.29, 0.717) is 0 Å². The molecule has 0 aromatic rings. The van der Waals surface area contributed by atoms with Gasteiger partial charge < -0.3 is 5.11 Å². The van der Waals surface area contributed by atoms with E-state index in [-0.39, 0.29) is 12.3 Å². The van der Waals surface area contributed by atoms with Gasteiger partial charge in [-0.05, 0) is 6.92 Å². The molecule has 0 spiro atoms. The zero-order chi connectivity index (χ0) is 7.07. The van der Waals surface area contributed by atoms with Gasteiger partial charge in [0, 0.05) is 7.05 Å². The number of carbonyl (C=O) groups excluding carboxylic acids is 1. The van der Waals surface area contributed by atoms with Gasteiger partial charge in [0.15, 0.2) is 5.79 Å². The molecule has 1 aliphatic rings. The molecule has 0 aliphatic carbocycles. The zero-order valence-electron chi connectivity index (χ0n) is 5.42. The number of hydrogen-bond donors (Lipinski definition) is 1. The number of nitrogens with zero attached hydrogens (tertiary/aromatic N) is 1. The van der Waals surface area contributed by atoms with Gasteiger partial charge in [-0.25, -0.2) is 9.90 Å². The zero-order valence-corrected chi connectivity index (χ0v) is 5.42. The van der Waals surface area contributed by atoms with E-state index in [4.69, 9.17) is 9.94 Å². The second kappa shape index (κ2) is 1.68. The molecule has 4 heteroatoms. The molecular weight excluding hydrogens is 122 g/mol. The lowest BCUT2D eigenvalue weighted by molar-refractivity contribution is -0.260. The summed E-state index contributed by atoms with van der Waals surface area (Å²) in [6.45, 7) is 1.45. The highest BCUT2D eigenvalue weighted by Crippen LogP contribution is 2.21. The number of hydroxylamine groups is 2. The topological polar surface area (TPSA) is 49.8 Å². The Balaban J connectivity index is 2.65. The predicted octanol–water partition coefficient (Wildman–Crippen LogP) is -0.511. The van der Waals surface area contributed by atoms with Crippen LogP contribution in [0.2, 0.25) is 0 Å². The third-order valence-electron chi connectivity index (χ3n) is 1.16. The van der Waals surface area contributed by atoms with Crippen LogP contribution in [0.5, 0.6) is 0 Å². The first-order valence-electron chi connectivity index (χ1n) is 2.69. The molecule has 4 nitrogen and oxygen atoms in total. The largest absolute Gasteiger partial charge is 0.364 e. The lowest BCUT2D eigenvalue weighted by Gasteiger charge is -2.13. The van der Waals surface area contributed by atoms with Crippen LogP contribution in [0, 0.1) is 0 Å². The van der Waals surface area contributed by atoms with Crippen molar-refractivity contribution < 1.29 is 14.7 Å². The summed E-state index contributed by atoms with van der Waals surface area (Å²) in [6, 6.07) is 0. The highest BCUT2D eigenvalue weighted by molar-refractivity contribution is 5.77. The van der Waals surface area contributed by atoms with Crippen molar-refractivity contribution in [2.45, 2.75) is 19.1 Å². The number of carbonyl (C=O) groups is 1. The minimum atomic E-state index is -1.29. The van der Waals surface area contributed by atoms with Gasteiger partial charge in [0.05, 0.1) is 6.42 Å². The van der Waals surface area contributed by atoms with Crippen molar-refractivity contribution >= 4 is 5.91 Å². The van der Waals surface area contributed by atoms with Gasteiger partial charge in [0.1, 0.15) is 0 Å². The molecule has 1 amide bonds. The van der Waals surface area contributed by atoms with Gasteiger partial charge in [-0.15, -0.1) is 0 Å². The van der Waals surface area contributed by atoms with E-state index in [1.54, 1.807) is 0 Å². The fraction of sp³-hybridized carbons (Fsp3) is 0.800. The van der Waals surface area contributed by atoms with Crippen molar-refractivity contribution in [1.29, 1.82) is 0 Å². The van der Waals surface area contributed by atoms with Crippen LogP contribution in [0.25, 0.3) is 0 Å². The Kier molecular flexibility index (Phi) is 1.22. The van der Waals surface area contributed by atoms with E-state index >= 15 is 0 Å².